The van der Waals surface area contributed by atoms with Gasteiger partial charge in [-0.1, -0.05) is 23.4 Å². The highest BCUT2D eigenvalue weighted by molar-refractivity contribution is 5.74. The van der Waals surface area contributed by atoms with E-state index in [2.05, 4.69) is 25.3 Å². The molecule has 0 aliphatic heterocycles. The minimum Gasteiger partial charge on any atom is -0.368 e. The molecule has 5 aromatic rings. The summed E-state index contributed by atoms with van der Waals surface area (Å²) >= 11 is 0. The Morgan fingerprint density at radius 3 is 2.72 bits per heavy atom. The summed E-state index contributed by atoms with van der Waals surface area (Å²) in [6, 6.07) is 15.8. The molecule has 0 aliphatic rings. The first kappa shape index (κ1) is 19.5. The molecule has 0 saturated carbocycles. The predicted octanol–water partition coefficient (Wildman–Crippen LogP) is 3.55. The molecular weight excluding hydrogens is 409 g/mol. The topological polar surface area (TPSA) is 112 Å². The zero-order chi connectivity index (χ0) is 22.1. The molecule has 5 rings (SSSR count). The van der Waals surface area contributed by atoms with Crippen molar-refractivity contribution >= 4 is 28.7 Å². The molecule has 3 aromatic heterocycles. The number of nitrogen functional groups attached to an aromatic ring is 1. The van der Waals surface area contributed by atoms with E-state index in [0.717, 1.165) is 16.9 Å². The number of nitrogens with two attached hydrogens (primary N) is 1. The molecule has 3 heterocycles. The normalized spacial score (nSPS) is 11.1. The van der Waals surface area contributed by atoms with Gasteiger partial charge in [0.05, 0.1) is 17.6 Å². The molecule has 0 radical (unpaired) electrons. The Balaban J connectivity index is 1.57. The quantitative estimate of drug-likeness (QED) is 0.453. The van der Waals surface area contributed by atoms with E-state index in [0.29, 0.717) is 29.3 Å². The summed E-state index contributed by atoms with van der Waals surface area (Å²) in [7, 11) is 0. The zero-order valence-corrected chi connectivity index (χ0v) is 17.1. The van der Waals surface area contributed by atoms with Crippen molar-refractivity contribution in [1.29, 1.82) is 0 Å². The number of halogens is 1. The zero-order valence-electron chi connectivity index (χ0n) is 17.1. The highest BCUT2D eigenvalue weighted by atomic mass is 19.1. The van der Waals surface area contributed by atoms with Crippen LogP contribution in [0.25, 0.3) is 28.1 Å². The maximum atomic E-state index is 13.7. The minimum atomic E-state index is -0.363. The Morgan fingerprint density at radius 2 is 1.91 bits per heavy atom. The second-order valence-corrected chi connectivity index (χ2v) is 6.95. The van der Waals surface area contributed by atoms with Crippen LogP contribution in [0.3, 0.4) is 0 Å². The molecule has 10 heteroatoms. The van der Waals surface area contributed by atoms with E-state index < -0.39 is 0 Å². The minimum absolute atomic E-state index is 0.215. The van der Waals surface area contributed by atoms with Crippen LogP contribution in [0.15, 0.2) is 67.0 Å². The fraction of sp³-hybridized carbons (Fsp3) is 0.0909. The molecular formula is C22H18FN9. The Bertz CT molecular complexity index is 1420. The lowest BCUT2D eigenvalue weighted by atomic mass is 10.1. The first-order chi connectivity index (χ1) is 15.6. The molecule has 0 fully saturated rings. The number of hydrogen-bond donors (Lipinski definition) is 1. The Labute approximate surface area is 182 Å². The van der Waals surface area contributed by atoms with Crippen LogP contribution in [-0.2, 0) is 0 Å². The number of nitrogens with zero attached hydrogens (tertiary/aromatic N) is 8. The van der Waals surface area contributed by atoms with E-state index in [-0.39, 0.29) is 11.8 Å². The summed E-state index contributed by atoms with van der Waals surface area (Å²) in [6.45, 7) is 2.62. The van der Waals surface area contributed by atoms with Crippen molar-refractivity contribution in [3.63, 3.8) is 0 Å². The van der Waals surface area contributed by atoms with Gasteiger partial charge in [0.25, 0.3) is 0 Å². The lowest BCUT2D eigenvalue weighted by molar-refractivity contribution is 0.625. The van der Waals surface area contributed by atoms with Gasteiger partial charge in [0, 0.05) is 24.0 Å². The van der Waals surface area contributed by atoms with Gasteiger partial charge in [-0.2, -0.15) is 9.67 Å². The van der Waals surface area contributed by atoms with Crippen LogP contribution in [0.5, 0.6) is 0 Å². The highest BCUT2D eigenvalue weighted by Crippen LogP contribution is 2.28. The van der Waals surface area contributed by atoms with Crippen LogP contribution in [0.4, 0.5) is 22.0 Å². The Morgan fingerprint density at radius 1 is 1.03 bits per heavy atom. The van der Waals surface area contributed by atoms with E-state index in [1.54, 1.807) is 30.6 Å². The lowest BCUT2D eigenvalue weighted by Crippen LogP contribution is -2.19. The van der Waals surface area contributed by atoms with Gasteiger partial charge in [-0.15, -0.1) is 5.10 Å². The van der Waals surface area contributed by atoms with Crippen LogP contribution in [0, 0.1) is 5.82 Å². The first-order valence-corrected chi connectivity index (χ1v) is 9.93. The third kappa shape index (κ3) is 3.58. The summed E-state index contributed by atoms with van der Waals surface area (Å²) in [6.07, 6.45) is 3.23. The van der Waals surface area contributed by atoms with Gasteiger partial charge >= 0.3 is 0 Å². The van der Waals surface area contributed by atoms with Crippen molar-refractivity contribution in [2.75, 3.05) is 17.2 Å². The molecule has 0 saturated heterocycles. The maximum Gasteiger partial charge on any atom is 0.232 e. The second kappa shape index (κ2) is 7.99. The number of fused-ring (bicyclic) bond motifs is 1. The first-order valence-electron chi connectivity index (χ1n) is 9.93. The number of anilines is 3. The molecule has 158 valence electrons. The standard InChI is InChI=1S/C22H18FN9/c1-2-31(16-7-3-5-14(11-16)18-9-10-25-21(24)27-18)22-26-13-19-20(28-22)32(30-29-19)17-8-4-6-15(23)12-17/h3-13H,2H2,1H3,(H2,24,25,27). The second-order valence-electron chi connectivity index (χ2n) is 6.95. The number of aromatic nitrogens is 7. The summed E-state index contributed by atoms with van der Waals surface area (Å²) < 4.78 is 15.2. The van der Waals surface area contributed by atoms with Crippen molar-refractivity contribution < 1.29 is 4.39 Å². The maximum absolute atomic E-state index is 13.7. The largest absolute Gasteiger partial charge is 0.368 e. The smallest absolute Gasteiger partial charge is 0.232 e. The van der Waals surface area contributed by atoms with Crippen LogP contribution in [-0.4, -0.2) is 41.5 Å². The predicted molar refractivity (Wildman–Crippen MR) is 119 cm³/mol. The van der Waals surface area contributed by atoms with Crippen LogP contribution >= 0.6 is 0 Å². The monoisotopic (exact) mass is 427 g/mol. The third-order valence-corrected chi connectivity index (χ3v) is 4.92. The van der Waals surface area contributed by atoms with Gasteiger partial charge in [-0.3, -0.25) is 0 Å². The average molecular weight is 427 g/mol. The third-order valence-electron chi connectivity index (χ3n) is 4.92. The summed E-state index contributed by atoms with van der Waals surface area (Å²) in [5.74, 6) is 0.323. The van der Waals surface area contributed by atoms with E-state index >= 15 is 0 Å². The van der Waals surface area contributed by atoms with E-state index in [4.69, 9.17) is 10.7 Å². The molecule has 0 aliphatic carbocycles. The van der Waals surface area contributed by atoms with Crippen molar-refractivity contribution in [3.8, 4) is 16.9 Å². The average Bonchev–Trinajstić information content (AvgIpc) is 3.23. The molecule has 2 N–H and O–H groups in total. The fourth-order valence-electron chi connectivity index (χ4n) is 3.44. The number of hydrogen-bond acceptors (Lipinski definition) is 8. The van der Waals surface area contributed by atoms with Gasteiger partial charge in [-0.05, 0) is 43.3 Å². The molecule has 0 atom stereocenters. The molecule has 2 aromatic carbocycles. The van der Waals surface area contributed by atoms with Gasteiger partial charge in [0.15, 0.2) is 11.2 Å². The van der Waals surface area contributed by atoms with Crippen molar-refractivity contribution in [2.24, 2.45) is 0 Å². The SMILES string of the molecule is CCN(c1cccc(-c2ccnc(N)n2)c1)c1ncc2nnn(-c3cccc(F)c3)c2n1. The fourth-order valence-corrected chi connectivity index (χ4v) is 3.44. The van der Waals surface area contributed by atoms with Gasteiger partial charge in [0.2, 0.25) is 11.9 Å². The van der Waals surface area contributed by atoms with Gasteiger partial charge in [-0.25, -0.2) is 19.3 Å². The number of benzene rings is 2. The van der Waals surface area contributed by atoms with Crippen molar-refractivity contribution in [1.82, 2.24) is 34.9 Å². The number of rotatable bonds is 5. The molecule has 0 spiro atoms. The van der Waals surface area contributed by atoms with Gasteiger partial charge in [0.1, 0.15) is 5.82 Å². The van der Waals surface area contributed by atoms with E-state index in [1.165, 1.54) is 16.8 Å². The van der Waals surface area contributed by atoms with Crippen LogP contribution in [0.2, 0.25) is 0 Å². The molecule has 32 heavy (non-hydrogen) atoms. The summed E-state index contributed by atoms with van der Waals surface area (Å²) in [5.41, 5.74) is 9.76. The molecule has 0 amide bonds. The lowest BCUT2D eigenvalue weighted by Gasteiger charge is -2.21. The van der Waals surface area contributed by atoms with E-state index in [1.807, 2.05) is 36.1 Å². The van der Waals surface area contributed by atoms with Crippen molar-refractivity contribution in [3.05, 3.63) is 72.8 Å². The summed E-state index contributed by atoms with van der Waals surface area (Å²) in [4.78, 5) is 19.4. The molecule has 0 unspecified atom stereocenters. The molecule has 0 bridgehead atoms. The van der Waals surface area contributed by atoms with Crippen LogP contribution < -0.4 is 10.6 Å². The highest BCUT2D eigenvalue weighted by Gasteiger charge is 2.16. The van der Waals surface area contributed by atoms with Gasteiger partial charge < -0.3 is 10.6 Å². The van der Waals surface area contributed by atoms with E-state index in [9.17, 15) is 4.39 Å². The van der Waals surface area contributed by atoms with Crippen LogP contribution in [0.1, 0.15) is 6.92 Å². The van der Waals surface area contributed by atoms with Crippen molar-refractivity contribution in [2.45, 2.75) is 6.92 Å². The Kier molecular flexibility index (Phi) is 4.86. The molecule has 9 nitrogen and oxygen atoms in total. The Hall–Kier alpha value is -4.47. The summed E-state index contributed by atoms with van der Waals surface area (Å²) in [5, 5.41) is 8.23.